The first-order valence-electron chi connectivity index (χ1n) is 27.5. The summed E-state index contributed by atoms with van der Waals surface area (Å²) < 4.78 is 2.59. The summed E-state index contributed by atoms with van der Waals surface area (Å²) in [7, 11) is 0. The average Bonchev–Trinajstić information content (AvgIpc) is 3.94. The first kappa shape index (κ1) is 47.3. The minimum Gasteiger partial charge on any atom is -0.311 e. The third-order valence-electron chi connectivity index (χ3n) is 16.4. The molecule has 0 saturated carbocycles. The Bertz CT molecular complexity index is 3890. The van der Waals surface area contributed by atoms with Gasteiger partial charge >= 0.3 is 0 Å². The molecule has 2 aliphatic rings. The lowest BCUT2D eigenvalue weighted by molar-refractivity contribution is 0.591. The molecule has 0 aliphatic carbocycles. The largest absolute Gasteiger partial charge is 0.311 e. The fourth-order valence-corrected chi connectivity index (χ4v) is 12.5. The van der Waals surface area contributed by atoms with Gasteiger partial charge in [0.2, 0.25) is 0 Å². The van der Waals surface area contributed by atoms with Crippen molar-refractivity contribution in [2.45, 2.75) is 52.4 Å². The second-order valence-corrected chi connectivity index (χ2v) is 23.4. The normalized spacial score (nSPS) is 12.9. The molecule has 0 spiro atoms. The summed E-state index contributed by atoms with van der Waals surface area (Å²) in [4.78, 5) is 5.17. The van der Waals surface area contributed by atoms with Crippen molar-refractivity contribution in [1.82, 2.24) is 4.57 Å². The van der Waals surface area contributed by atoms with E-state index in [0.717, 1.165) is 28.4 Å². The molecule has 374 valence electrons. The highest BCUT2D eigenvalue weighted by Gasteiger charge is 2.44. The average molecular weight is 1000 g/mol. The van der Waals surface area contributed by atoms with Gasteiger partial charge in [-0.15, -0.1) is 0 Å². The van der Waals surface area contributed by atoms with Gasteiger partial charge in [0.1, 0.15) is 0 Å². The highest BCUT2D eigenvalue weighted by atomic mass is 15.2. The van der Waals surface area contributed by atoms with Crippen molar-refractivity contribution in [3.8, 4) is 50.2 Å². The van der Waals surface area contributed by atoms with Gasteiger partial charge in [0.15, 0.2) is 0 Å². The zero-order chi connectivity index (χ0) is 52.9. The van der Waals surface area contributed by atoms with Crippen molar-refractivity contribution < 1.29 is 0 Å². The van der Waals surface area contributed by atoms with E-state index in [9.17, 15) is 0 Å². The lowest BCUT2D eigenvalue weighted by Crippen LogP contribution is -2.61. The maximum absolute atomic E-state index is 2.59. The number of rotatable bonds is 7. The van der Waals surface area contributed by atoms with Gasteiger partial charge in [-0.2, -0.15) is 0 Å². The Morgan fingerprint density at radius 1 is 0.282 bits per heavy atom. The highest BCUT2D eigenvalue weighted by Crippen LogP contribution is 2.49. The molecule has 2 aliphatic heterocycles. The Labute approximate surface area is 459 Å². The smallest absolute Gasteiger partial charge is 0.252 e. The van der Waals surface area contributed by atoms with Crippen LogP contribution in [0.3, 0.4) is 0 Å². The fourth-order valence-electron chi connectivity index (χ4n) is 12.5. The molecule has 14 rings (SSSR count). The first-order chi connectivity index (χ1) is 37.9. The minimum absolute atomic E-state index is 0.0566. The van der Waals surface area contributed by atoms with Crippen molar-refractivity contribution in [3.05, 3.63) is 266 Å². The lowest BCUT2D eigenvalue weighted by atomic mass is 9.33. The molecule has 0 bridgehead atoms. The van der Waals surface area contributed by atoms with Crippen LogP contribution in [0, 0.1) is 0 Å². The molecule has 11 aromatic carbocycles. The zero-order valence-corrected chi connectivity index (χ0v) is 45.2. The van der Waals surface area contributed by atoms with Crippen LogP contribution in [0.5, 0.6) is 0 Å². The monoisotopic (exact) mass is 1000 g/mol. The second-order valence-electron chi connectivity index (χ2n) is 23.4. The molecule has 0 fully saturated rings. The molecule has 0 radical (unpaired) electrons. The zero-order valence-electron chi connectivity index (χ0n) is 45.2. The Balaban J connectivity index is 1.14. The number of benzene rings is 11. The molecule has 0 N–H and O–H groups in total. The molecule has 0 saturated heterocycles. The number of nitrogens with zero attached hydrogens (tertiary/aromatic N) is 3. The Kier molecular flexibility index (Phi) is 11.1. The molecule has 0 unspecified atom stereocenters. The molecule has 1 aromatic heterocycles. The van der Waals surface area contributed by atoms with Crippen LogP contribution < -0.4 is 26.2 Å². The van der Waals surface area contributed by atoms with E-state index in [-0.39, 0.29) is 17.5 Å². The molecular formula is C74H60BN3. The van der Waals surface area contributed by atoms with Crippen LogP contribution in [0.15, 0.2) is 255 Å². The maximum atomic E-state index is 2.59. The number of para-hydroxylation sites is 2. The predicted octanol–water partition coefficient (Wildman–Crippen LogP) is 18.1. The highest BCUT2D eigenvalue weighted by molar-refractivity contribution is 7.00. The van der Waals surface area contributed by atoms with E-state index >= 15 is 0 Å². The summed E-state index contributed by atoms with van der Waals surface area (Å²) in [5, 5.41) is 2.50. The molecule has 78 heavy (non-hydrogen) atoms. The van der Waals surface area contributed by atoms with Crippen LogP contribution in [-0.2, 0) is 10.8 Å². The van der Waals surface area contributed by atoms with Gasteiger partial charge in [-0.25, -0.2) is 0 Å². The quantitative estimate of drug-likeness (QED) is 0.147. The Hall–Kier alpha value is -9.12. The first-order valence-corrected chi connectivity index (χ1v) is 27.5. The standard InChI is InChI=1S/C74H60BN3/c1-73(2,3)57-35-37-62-63-38-36-58(74(4,5)6)46-69(63)78(68(62)45-57)61-47-70-72-71(48-61)77(60-43-55(51-27-15-9-16-28-51)40-56(44-60)52-29-17-10-18-30-52)67-34-22-20-32-65(67)75(72)64-31-19-21-33-66(64)76(70)59-41-53(49-23-11-7-12-24-49)39-54(42-59)50-25-13-8-14-26-50/h7-48H,1-6H3. The number of fused-ring (bicyclic) bond motifs is 7. The molecule has 0 amide bonds. The van der Waals surface area contributed by atoms with Crippen molar-refractivity contribution in [1.29, 1.82) is 0 Å². The van der Waals surface area contributed by atoms with Crippen LogP contribution in [-0.4, -0.2) is 11.3 Å². The third kappa shape index (κ3) is 7.97. The number of hydrogen-bond acceptors (Lipinski definition) is 2. The summed E-state index contributed by atoms with van der Waals surface area (Å²) >= 11 is 0. The summed E-state index contributed by atoms with van der Waals surface area (Å²) in [5.41, 5.74) is 26.1. The van der Waals surface area contributed by atoms with Crippen molar-refractivity contribution in [2.75, 3.05) is 9.80 Å². The van der Waals surface area contributed by atoms with Crippen molar-refractivity contribution in [3.63, 3.8) is 0 Å². The van der Waals surface area contributed by atoms with Crippen LogP contribution in [0.1, 0.15) is 52.7 Å². The lowest BCUT2D eigenvalue weighted by Gasteiger charge is -2.44. The predicted molar refractivity (Wildman–Crippen MR) is 334 cm³/mol. The second kappa shape index (κ2) is 18.3. The topological polar surface area (TPSA) is 11.4 Å². The van der Waals surface area contributed by atoms with Gasteiger partial charge in [-0.3, -0.25) is 0 Å². The van der Waals surface area contributed by atoms with E-state index in [2.05, 4.69) is 311 Å². The van der Waals surface area contributed by atoms with E-state index in [4.69, 9.17) is 0 Å². The van der Waals surface area contributed by atoms with Gasteiger partial charge in [0, 0.05) is 44.9 Å². The molecular weight excluding hydrogens is 942 g/mol. The number of hydrogen-bond donors (Lipinski definition) is 0. The molecule has 4 heteroatoms. The van der Waals surface area contributed by atoms with Crippen LogP contribution in [0.4, 0.5) is 34.1 Å². The number of anilines is 6. The van der Waals surface area contributed by atoms with Crippen LogP contribution in [0.25, 0.3) is 72.0 Å². The number of aromatic nitrogens is 1. The Morgan fingerprint density at radius 2 is 0.615 bits per heavy atom. The molecule has 3 nitrogen and oxygen atoms in total. The minimum atomic E-state index is -0.0669. The van der Waals surface area contributed by atoms with E-state index in [1.54, 1.807) is 0 Å². The maximum Gasteiger partial charge on any atom is 0.252 e. The molecule has 3 heterocycles. The fraction of sp³-hybridized carbons (Fsp3) is 0.108. The molecule has 12 aromatic rings. The van der Waals surface area contributed by atoms with Gasteiger partial charge in [-0.05, 0) is 156 Å². The summed E-state index contributed by atoms with van der Waals surface area (Å²) in [5.74, 6) is 0. The van der Waals surface area contributed by atoms with E-state index < -0.39 is 0 Å². The van der Waals surface area contributed by atoms with Gasteiger partial charge in [-0.1, -0.05) is 224 Å². The van der Waals surface area contributed by atoms with E-state index in [0.29, 0.717) is 0 Å². The molecule has 0 atom stereocenters. The van der Waals surface area contributed by atoms with Gasteiger partial charge in [0.25, 0.3) is 6.71 Å². The third-order valence-corrected chi connectivity index (χ3v) is 16.4. The van der Waals surface area contributed by atoms with Crippen LogP contribution >= 0.6 is 0 Å². The van der Waals surface area contributed by atoms with Crippen LogP contribution in [0.2, 0.25) is 0 Å². The van der Waals surface area contributed by atoms with Crippen molar-refractivity contribution in [2.24, 2.45) is 0 Å². The summed E-state index contributed by atoms with van der Waals surface area (Å²) in [6, 6.07) is 95.6. The van der Waals surface area contributed by atoms with Crippen molar-refractivity contribution >= 4 is 79.0 Å². The summed E-state index contributed by atoms with van der Waals surface area (Å²) in [6.07, 6.45) is 0. The van der Waals surface area contributed by atoms with E-state index in [1.165, 1.54) is 105 Å². The van der Waals surface area contributed by atoms with Gasteiger partial charge < -0.3 is 14.4 Å². The van der Waals surface area contributed by atoms with Gasteiger partial charge in [0.05, 0.1) is 16.7 Å². The SMILES string of the molecule is CC(C)(C)c1ccc2c3ccc(C(C)(C)C)cc3n(-c3cc4c5c(c3)N(c3cc(-c6ccccc6)cc(-c6ccccc6)c3)c3ccccc3B5c3ccccc3N4c3cc(-c4ccccc4)cc(-c4ccccc4)c3)c2c1. The van der Waals surface area contributed by atoms with E-state index in [1.807, 2.05) is 0 Å². The summed E-state index contributed by atoms with van der Waals surface area (Å²) in [6.45, 7) is 13.9. The Morgan fingerprint density at radius 3 is 0.962 bits per heavy atom.